The fourth-order valence-corrected chi connectivity index (χ4v) is 3.99. The van der Waals surface area contributed by atoms with E-state index in [-0.39, 0.29) is 48.5 Å². The Labute approximate surface area is 255 Å². The van der Waals surface area contributed by atoms with Crippen LogP contribution in [-0.2, 0) is 14.3 Å². The molecule has 15 heteroatoms. The molecular weight excluding hydrogens is 589 g/mol. The third kappa shape index (κ3) is 7.66. The third-order valence-corrected chi connectivity index (χ3v) is 6.36. The Bertz CT molecular complexity index is 1460. The fraction of sp³-hybridized carbons (Fsp3) is 0.407. The van der Waals surface area contributed by atoms with Crippen molar-refractivity contribution in [2.45, 2.75) is 59.0 Å². The van der Waals surface area contributed by atoms with Gasteiger partial charge in [-0.2, -0.15) is 5.10 Å². The normalized spacial score (nSPS) is 12.8. The van der Waals surface area contributed by atoms with Crippen LogP contribution in [0.15, 0.2) is 30.7 Å². The maximum Gasteiger partial charge on any atom is 0.423 e. The maximum atomic E-state index is 13.6. The predicted octanol–water partition coefficient (Wildman–Crippen LogP) is 3.34. The van der Waals surface area contributed by atoms with Gasteiger partial charge in [0.1, 0.15) is 17.9 Å². The first-order valence-electron chi connectivity index (χ1n) is 13.0. The SMILES string of the molecule is CCCNC(=O)c1cn2ncnc(N(C(=O)OCOC(=O)[C@H](C)N)c3cc(C(=O)NC4CC4)ccc3C)c2c1C.Cl.Cl. The van der Waals surface area contributed by atoms with E-state index in [0.29, 0.717) is 40.0 Å². The Kier molecular flexibility index (Phi) is 12.1. The van der Waals surface area contributed by atoms with Crippen LogP contribution < -0.4 is 21.3 Å². The Hall–Kier alpha value is -3.94. The number of benzene rings is 1. The van der Waals surface area contributed by atoms with Crippen molar-refractivity contribution in [1.29, 1.82) is 0 Å². The number of rotatable bonds is 10. The summed E-state index contributed by atoms with van der Waals surface area (Å²) in [6.07, 6.45) is 4.47. The van der Waals surface area contributed by atoms with Gasteiger partial charge in [-0.3, -0.25) is 14.4 Å². The second-order valence-electron chi connectivity index (χ2n) is 9.67. The number of halogens is 2. The largest absolute Gasteiger partial charge is 0.427 e. The van der Waals surface area contributed by atoms with Crippen LogP contribution in [0.5, 0.6) is 0 Å². The minimum Gasteiger partial charge on any atom is -0.427 e. The molecule has 13 nitrogen and oxygen atoms in total. The second kappa shape index (κ2) is 14.8. The van der Waals surface area contributed by atoms with Crippen molar-refractivity contribution in [3.8, 4) is 0 Å². The number of aromatic nitrogens is 3. The molecule has 2 heterocycles. The number of anilines is 2. The summed E-state index contributed by atoms with van der Waals surface area (Å²) in [4.78, 5) is 56.6. The van der Waals surface area contributed by atoms with E-state index in [1.54, 1.807) is 38.2 Å². The first kappa shape index (κ1) is 34.3. The Morgan fingerprint density at radius 1 is 1.14 bits per heavy atom. The molecule has 0 unspecified atom stereocenters. The molecule has 0 spiro atoms. The molecule has 42 heavy (non-hydrogen) atoms. The van der Waals surface area contributed by atoms with Gasteiger partial charge in [0.2, 0.25) is 6.79 Å². The highest BCUT2D eigenvalue weighted by atomic mass is 35.5. The minimum absolute atomic E-state index is 0. The number of nitrogens with two attached hydrogens (primary N) is 1. The Morgan fingerprint density at radius 3 is 2.50 bits per heavy atom. The molecule has 1 aromatic carbocycles. The first-order chi connectivity index (χ1) is 19.1. The summed E-state index contributed by atoms with van der Waals surface area (Å²) in [5.41, 5.74) is 8.07. The van der Waals surface area contributed by atoms with Crippen LogP contribution in [0.25, 0.3) is 5.52 Å². The number of nitrogens with one attached hydrogen (secondary N) is 2. The molecule has 1 fully saturated rings. The average molecular weight is 625 g/mol. The summed E-state index contributed by atoms with van der Waals surface area (Å²) in [6, 6.07) is 4.17. The molecule has 1 aliphatic carbocycles. The summed E-state index contributed by atoms with van der Waals surface area (Å²) in [5, 5.41) is 10.0. The molecule has 228 valence electrons. The predicted molar refractivity (Wildman–Crippen MR) is 160 cm³/mol. The molecule has 1 aliphatic rings. The van der Waals surface area contributed by atoms with E-state index >= 15 is 0 Å². The zero-order valence-corrected chi connectivity index (χ0v) is 25.3. The van der Waals surface area contributed by atoms with Crippen LogP contribution in [-0.4, -0.2) is 63.9 Å². The smallest absolute Gasteiger partial charge is 0.423 e. The van der Waals surface area contributed by atoms with Crippen molar-refractivity contribution >= 4 is 65.7 Å². The van der Waals surface area contributed by atoms with E-state index in [1.165, 1.54) is 22.7 Å². The summed E-state index contributed by atoms with van der Waals surface area (Å²) >= 11 is 0. The highest BCUT2D eigenvalue weighted by molar-refractivity contribution is 6.05. The third-order valence-electron chi connectivity index (χ3n) is 6.36. The van der Waals surface area contributed by atoms with E-state index in [4.69, 9.17) is 15.2 Å². The summed E-state index contributed by atoms with van der Waals surface area (Å²) in [7, 11) is 0. The molecule has 4 N–H and O–H groups in total. The van der Waals surface area contributed by atoms with Gasteiger partial charge in [0.25, 0.3) is 11.8 Å². The lowest BCUT2D eigenvalue weighted by Crippen LogP contribution is -2.33. The number of hydrogen-bond acceptors (Lipinski definition) is 9. The number of carbonyl (C=O) groups excluding carboxylic acids is 4. The second-order valence-corrected chi connectivity index (χ2v) is 9.67. The van der Waals surface area contributed by atoms with Crippen molar-refractivity contribution in [3.63, 3.8) is 0 Å². The van der Waals surface area contributed by atoms with Gasteiger partial charge in [-0.1, -0.05) is 13.0 Å². The lowest BCUT2D eigenvalue weighted by molar-refractivity contribution is -0.152. The standard InChI is InChI=1S/C27H33N7O6.2ClH/c1-5-10-29-25(36)20-12-33-22(16(20)3)23(30-13-31-33)34(27(38)40-14-39-26(37)17(4)28)21-11-18(7-6-15(21)2)24(35)32-19-8-9-19;;/h6-7,11-13,17,19H,5,8-10,14,28H2,1-4H3,(H,29,36)(H,32,35);2*1H/t17-;;/m0../s1. The molecule has 0 bridgehead atoms. The Morgan fingerprint density at radius 2 is 1.86 bits per heavy atom. The number of carbonyl (C=O) groups is 4. The van der Waals surface area contributed by atoms with Gasteiger partial charge >= 0.3 is 12.1 Å². The van der Waals surface area contributed by atoms with Gasteiger partial charge in [0.05, 0.1) is 11.3 Å². The number of aryl methyl sites for hydroxylation is 2. The van der Waals surface area contributed by atoms with E-state index in [0.717, 1.165) is 19.3 Å². The molecule has 1 atom stereocenters. The van der Waals surface area contributed by atoms with E-state index in [2.05, 4.69) is 20.7 Å². The topological polar surface area (TPSA) is 170 Å². The number of esters is 1. The van der Waals surface area contributed by atoms with E-state index in [9.17, 15) is 19.2 Å². The van der Waals surface area contributed by atoms with E-state index in [1.807, 2.05) is 6.92 Å². The maximum absolute atomic E-state index is 13.6. The highest BCUT2D eigenvalue weighted by Crippen LogP contribution is 2.34. The van der Waals surface area contributed by atoms with Crippen LogP contribution >= 0.6 is 24.8 Å². The molecule has 4 rings (SSSR count). The van der Waals surface area contributed by atoms with Crippen LogP contribution in [0.3, 0.4) is 0 Å². The van der Waals surface area contributed by atoms with Crippen molar-refractivity contribution in [1.82, 2.24) is 25.2 Å². The average Bonchev–Trinajstić information content (AvgIpc) is 3.68. The fourth-order valence-electron chi connectivity index (χ4n) is 3.99. The zero-order chi connectivity index (χ0) is 29.0. The summed E-state index contributed by atoms with van der Waals surface area (Å²) in [5.74, 6) is -1.20. The van der Waals surface area contributed by atoms with E-state index < -0.39 is 24.9 Å². The number of hydrogen-bond donors (Lipinski definition) is 3. The zero-order valence-electron chi connectivity index (χ0n) is 23.7. The number of fused-ring (bicyclic) bond motifs is 1. The monoisotopic (exact) mass is 623 g/mol. The first-order valence-corrected chi connectivity index (χ1v) is 13.0. The molecule has 1 saturated carbocycles. The lowest BCUT2D eigenvalue weighted by Gasteiger charge is -2.24. The van der Waals surface area contributed by atoms with Gasteiger partial charge in [-0.25, -0.2) is 19.2 Å². The highest BCUT2D eigenvalue weighted by Gasteiger charge is 2.30. The molecule has 0 aliphatic heterocycles. The van der Waals surface area contributed by atoms with Gasteiger partial charge in [0, 0.05) is 24.3 Å². The molecule has 0 saturated heterocycles. The van der Waals surface area contributed by atoms with Gasteiger partial charge in [-0.05, 0) is 63.3 Å². The van der Waals surface area contributed by atoms with Gasteiger partial charge in [-0.15, -0.1) is 24.8 Å². The van der Waals surface area contributed by atoms with Crippen molar-refractivity contribution in [2.24, 2.45) is 5.73 Å². The Balaban J connectivity index is 0.00000308. The van der Waals surface area contributed by atoms with Crippen LogP contribution in [0, 0.1) is 13.8 Å². The number of nitrogens with zero attached hydrogens (tertiary/aromatic N) is 4. The van der Waals surface area contributed by atoms with Gasteiger partial charge < -0.3 is 25.8 Å². The number of amides is 3. The van der Waals surface area contributed by atoms with Crippen molar-refractivity contribution in [3.05, 3.63) is 53.0 Å². The minimum atomic E-state index is -0.932. The lowest BCUT2D eigenvalue weighted by atomic mass is 10.1. The molecule has 2 aromatic heterocycles. The van der Waals surface area contributed by atoms with Crippen LogP contribution in [0.1, 0.15) is 65.0 Å². The summed E-state index contributed by atoms with van der Waals surface area (Å²) in [6.45, 7) is 6.69. The molecule has 3 aromatic rings. The number of ether oxygens (including phenoxy) is 2. The summed E-state index contributed by atoms with van der Waals surface area (Å²) < 4.78 is 11.7. The van der Waals surface area contributed by atoms with Crippen molar-refractivity contribution in [2.75, 3.05) is 18.2 Å². The molecule has 0 radical (unpaired) electrons. The van der Waals surface area contributed by atoms with Crippen LogP contribution in [0.4, 0.5) is 16.3 Å². The van der Waals surface area contributed by atoms with Crippen LogP contribution in [0.2, 0.25) is 0 Å². The molecular formula is C27H35Cl2N7O6. The van der Waals surface area contributed by atoms with Crippen molar-refractivity contribution < 1.29 is 28.7 Å². The molecule has 3 amide bonds. The van der Waals surface area contributed by atoms with Gasteiger partial charge in [0.15, 0.2) is 5.82 Å². The quantitative estimate of drug-likeness (QED) is 0.226.